The summed E-state index contributed by atoms with van der Waals surface area (Å²) in [5.74, 6) is 0. The van der Waals surface area contributed by atoms with Crippen LogP contribution in [0.5, 0.6) is 0 Å². The van der Waals surface area contributed by atoms with Crippen molar-refractivity contribution in [2.45, 2.75) is 5.66 Å². The van der Waals surface area contributed by atoms with Crippen molar-refractivity contribution in [1.82, 2.24) is 0 Å². The van der Waals surface area contributed by atoms with Crippen LogP contribution in [0.1, 0.15) is 16.8 Å². The molecule has 0 bridgehead atoms. The fourth-order valence-electron chi connectivity index (χ4n) is 1.51. The standard InChI is InChI=1S/C13H13P.HI/c14-13(11-7-3-1-4-8-11)12-9-5-2-6-10-12;/h1-10,13H,14H2;1H. The van der Waals surface area contributed by atoms with Crippen LogP contribution in [-0.2, 0) is 0 Å². The van der Waals surface area contributed by atoms with E-state index in [1.807, 2.05) is 12.1 Å². The van der Waals surface area contributed by atoms with Crippen LogP contribution in [0.15, 0.2) is 60.7 Å². The smallest absolute Gasteiger partial charge is 0.0234 e. The topological polar surface area (TPSA) is 0 Å². The maximum atomic E-state index is 2.89. The second-order valence-electron chi connectivity index (χ2n) is 3.30. The van der Waals surface area contributed by atoms with Crippen molar-refractivity contribution in [3.05, 3.63) is 71.8 Å². The maximum absolute atomic E-state index is 2.89. The Morgan fingerprint density at radius 2 is 1.00 bits per heavy atom. The summed E-state index contributed by atoms with van der Waals surface area (Å²) in [6.45, 7) is 0. The molecule has 1 unspecified atom stereocenters. The van der Waals surface area contributed by atoms with E-state index >= 15 is 0 Å². The largest absolute Gasteiger partial charge is 0.125 e. The average Bonchev–Trinajstić information content (AvgIpc) is 2.30. The van der Waals surface area contributed by atoms with E-state index in [0.29, 0.717) is 5.66 Å². The van der Waals surface area contributed by atoms with Crippen LogP contribution in [0, 0.1) is 0 Å². The van der Waals surface area contributed by atoms with Crippen LogP contribution in [0.3, 0.4) is 0 Å². The van der Waals surface area contributed by atoms with Gasteiger partial charge < -0.3 is 0 Å². The Balaban J connectivity index is 0.00000112. The number of hydrogen-bond donors (Lipinski definition) is 0. The normalized spacial score (nSPS) is 9.73. The van der Waals surface area contributed by atoms with Crippen molar-refractivity contribution >= 4 is 33.2 Å². The summed E-state index contributed by atoms with van der Waals surface area (Å²) < 4.78 is 0. The second kappa shape index (κ2) is 6.24. The Labute approximate surface area is 110 Å². The molecule has 0 spiro atoms. The predicted octanol–water partition coefficient (Wildman–Crippen LogP) is 4.27. The van der Waals surface area contributed by atoms with E-state index in [1.54, 1.807) is 0 Å². The Morgan fingerprint density at radius 1 is 0.667 bits per heavy atom. The maximum Gasteiger partial charge on any atom is 0.0234 e. The fraction of sp³-hybridized carbons (Fsp3) is 0.0769. The zero-order chi connectivity index (χ0) is 9.80. The summed E-state index contributed by atoms with van der Waals surface area (Å²) in [5, 5.41) is 0. The van der Waals surface area contributed by atoms with E-state index in [-0.39, 0.29) is 24.0 Å². The zero-order valence-corrected chi connectivity index (χ0v) is 11.8. The molecule has 0 aliphatic carbocycles. The summed E-state index contributed by atoms with van der Waals surface area (Å²) in [7, 11) is 2.89. The van der Waals surface area contributed by atoms with Crippen molar-refractivity contribution < 1.29 is 0 Å². The minimum Gasteiger partial charge on any atom is -0.125 e. The predicted molar refractivity (Wildman–Crippen MR) is 79.9 cm³/mol. The Bertz CT molecular complexity index is 346. The van der Waals surface area contributed by atoms with Crippen LogP contribution in [0.4, 0.5) is 0 Å². The molecule has 2 aromatic rings. The first kappa shape index (κ1) is 12.7. The summed E-state index contributed by atoms with van der Waals surface area (Å²) >= 11 is 0. The van der Waals surface area contributed by atoms with Crippen molar-refractivity contribution in [2.75, 3.05) is 0 Å². The Morgan fingerprint density at radius 3 is 1.33 bits per heavy atom. The van der Waals surface area contributed by atoms with Crippen molar-refractivity contribution in [1.29, 1.82) is 0 Å². The molecule has 0 fully saturated rings. The lowest BCUT2D eigenvalue weighted by molar-refractivity contribution is 1.16. The lowest BCUT2D eigenvalue weighted by Crippen LogP contribution is -1.90. The molecule has 15 heavy (non-hydrogen) atoms. The molecule has 1 atom stereocenters. The summed E-state index contributed by atoms with van der Waals surface area (Å²) in [4.78, 5) is 0. The first-order valence-corrected chi connectivity index (χ1v) is 5.40. The second-order valence-corrected chi connectivity index (χ2v) is 3.97. The van der Waals surface area contributed by atoms with Gasteiger partial charge in [-0.05, 0) is 11.1 Å². The van der Waals surface area contributed by atoms with E-state index < -0.39 is 0 Å². The van der Waals surface area contributed by atoms with Gasteiger partial charge in [-0.25, -0.2) is 0 Å². The van der Waals surface area contributed by atoms with Gasteiger partial charge in [-0.3, -0.25) is 0 Å². The van der Waals surface area contributed by atoms with Crippen molar-refractivity contribution in [3.8, 4) is 0 Å². The van der Waals surface area contributed by atoms with Gasteiger partial charge in [0.1, 0.15) is 0 Å². The Hall–Kier alpha value is -0.400. The highest BCUT2D eigenvalue weighted by Gasteiger charge is 2.05. The third-order valence-corrected chi connectivity index (χ3v) is 3.09. The molecule has 2 rings (SSSR count). The van der Waals surface area contributed by atoms with Crippen LogP contribution in [-0.4, -0.2) is 0 Å². The van der Waals surface area contributed by atoms with Gasteiger partial charge in [-0.2, -0.15) is 0 Å². The molecule has 0 saturated carbocycles. The molecular weight excluding hydrogens is 314 g/mol. The lowest BCUT2D eigenvalue weighted by Gasteiger charge is -2.11. The third kappa shape index (κ3) is 3.29. The number of hydrogen-bond acceptors (Lipinski definition) is 0. The number of benzene rings is 2. The quantitative estimate of drug-likeness (QED) is 0.571. The summed E-state index contributed by atoms with van der Waals surface area (Å²) in [6.07, 6.45) is 0. The number of rotatable bonds is 2. The van der Waals surface area contributed by atoms with Gasteiger partial charge in [0.15, 0.2) is 0 Å². The highest BCUT2D eigenvalue weighted by molar-refractivity contribution is 14.0. The van der Waals surface area contributed by atoms with Gasteiger partial charge in [-0.1, -0.05) is 60.7 Å². The van der Waals surface area contributed by atoms with E-state index in [9.17, 15) is 0 Å². The minimum absolute atomic E-state index is 0. The molecule has 0 N–H and O–H groups in total. The van der Waals surface area contributed by atoms with Gasteiger partial charge in [0, 0.05) is 5.66 Å². The van der Waals surface area contributed by atoms with Crippen LogP contribution in [0.2, 0.25) is 0 Å². The van der Waals surface area contributed by atoms with E-state index in [2.05, 4.69) is 57.8 Å². The molecule has 0 aliphatic heterocycles. The van der Waals surface area contributed by atoms with Gasteiger partial charge in [-0.15, -0.1) is 33.2 Å². The lowest BCUT2D eigenvalue weighted by atomic mass is 10.0. The molecule has 2 heteroatoms. The molecule has 0 amide bonds. The van der Waals surface area contributed by atoms with Crippen LogP contribution in [0.25, 0.3) is 0 Å². The molecule has 0 saturated heterocycles. The Kier molecular flexibility index (Phi) is 5.27. The molecule has 0 radical (unpaired) electrons. The van der Waals surface area contributed by atoms with Gasteiger partial charge in [0.2, 0.25) is 0 Å². The molecule has 2 aromatic carbocycles. The van der Waals surface area contributed by atoms with Crippen molar-refractivity contribution in [2.24, 2.45) is 0 Å². The zero-order valence-electron chi connectivity index (χ0n) is 8.34. The molecule has 78 valence electrons. The average molecular weight is 328 g/mol. The van der Waals surface area contributed by atoms with Crippen LogP contribution >= 0.6 is 33.2 Å². The number of halogens is 1. The highest BCUT2D eigenvalue weighted by Crippen LogP contribution is 2.30. The van der Waals surface area contributed by atoms with Gasteiger partial charge in [0.25, 0.3) is 0 Å². The molecule has 0 aromatic heterocycles. The fourth-order valence-corrected chi connectivity index (χ4v) is 1.96. The van der Waals surface area contributed by atoms with E-state index in [1.165, 1.54) is 11.1 Å². The SMILES string of the molecule is I.PC(c1ccccc1)c1ccccc1. The van der Waals surface area contributed by atoms with Gasteiger partial charge in [0.05, 0.1) is 0 Å². The van der Waals surface area contributed by atoms with Gasteiger partial charge >= 0.3 is 0 Å². The third-order valence-electron chi connectivity index (χ3n) is 2.32. The summed E-state index contributed by atoms with van der Waals surface area (Å²) in [6, 6.07) is 21.0. The minimum atomic E-state index is 0. The van der Waals surface area contributed by atoms with E-state index in [4.69, 9.17) is 0 Å². The summed E-state index contributed by atoms with van der Waals surface area (Å²) in [5.41, 5.74) is 3.07. The monoisotopic (exact) mass is 328 g/mol. The van der Waals surface area contributed by atoms with E-state index in [0.717, 1.165) is 0 Å². The molecule has 0 aliphatic rings. The molecular formula is C13H14IP. The highest BCUT2D eigenvalue weighted by atomic mass is 127. The van der Waals surface area contributed by atoms with Crippen molar-refractivity contribution in [3.63, 3.8) is 0 Å². The van der Waals surface area contributed by atoms with Crippen LogP contribution < -0.4 is 0 Å². The molecule has 0 nitrogen and oxygen atoms in total. The molecule has 0 heterocycles. The first-order valence-electron chi connectivity index (χ1n) is 4.73. The first-order chi connectivity index (χ1) is 6.88.